The van der Waals surface area contributed by atoms with Gasteiger partial charge in [-0.1, -0.05) is 6.07 Å². The fourth-order valence-electron chi connectivity index (χ4n) is 5.07. The number of alkyl halides is 2. The number of fused-ring (bicyclic) bond motifs is 1. The molecule has 5 aromatic rings. The first-order chi connectivity index (χ1) is 19.7. The molecule has 5 heterocycles. The van der Waals surface area contributed by atoms with Crippen LogP contribution in [-0.2, 0) is 5.60 Å². The summed E-state index contributed by atoms with van der Waals surface area (Å²) >= 11 is 0.707. The summed E-state index contributed by atoms with van der Waals surface area (Å²) < 4.78 is 28.1. The van der Waals surface area contributed by atoms with Crippen molar-refractivity contribution in [3.63, 3.8) is 0 Å². The third-order valence-electron chi connectivity index (χ3n) is 7.06. The van der Waals surface area contributed by atoms with Crippen molar-refractivity contribution in [1.82, 2.24) is 44.8 Å². The molecule has 11 nitrogen and oxygen atoms in total. The summed E-state index contributed by atoms with van der Waals surface area (Å²) in [6, 6.07) is 7.25. The lowest BCUT2D eigenvalue weighted by Gasteiger charge is -2.31. The number of aromatic nitrogens is 8. The van der Waals surface area contributed by atoms with Gasteiger partial charge in [-0.15, -0.1) is 21.2 Å². The van der Waals surface area contributed by atoms with Crippen LogP contribution in [-0.4, -0.2) is 56.6 Å². The number of nitrogens with one attached hydrogen (secondary N) is 1. The van der Waals surface area contributed by atoms with E-state index in [1.165, 1.54) is 11.0 Å². The van der Waals surface area contributed by atoms with E-state index < -0.39 is 17.9 Å². The standard InChI is InChI=1S/C27H27F2N9O2S/c1-27(2,40)21-14-33-38(36-21)22-11-19-18(12-31-22)35-24(17-8-3-4-9-30-17)37(19)16-7-5-6-15(10-16)34-25(39)26-32-13-20(41-26)23(28)29/h3-4,8-9,11-16,23,40H,5-7,10H2,1-2H3,(H,34,39)/t15-,16+/m0/s1. The van der Waals surface area contributed by atoms with E-state index in [2.05, 4.69) is 35.0 Å². The summed E-state index contributed by atoms with van der Waals surface area (Å²) in [6.07, 6.45) is 6.29. The van der Waals surface area contributed by atoms with Crippen molar-refractivity contribution in [1.29, 1.82) is 0 Å². The molecule has 212 valence electrons. The summed E-state index contributed by atoms with van der Waals surface area (Å²) in [5.41, 5.74) is 1.42. The molecule has 1 aliphatic rings. The van der Waals surface area contributed by atoms with Gasteiger partial charge in [-0.2, -0.15) is 5.10 Å². The second-order valence-electron chi connectivity index (χ2n) is 10.5. The summed E-state index contributed by atoms with van der Waals surface area (Å²) in [5, 5.41) is 22.0. The summed E-state index contributed by atoms with van der Waals surface area (Å²) in [4.78, 5) is 31.8. The first-order valence-electron chi connectivity index (χ1n) is 13.2. The number of halogens is 2. The summed E-state index contributed by atoms with van der Waals surface area (Å²) in [5.74, 6) is 0.677. The molecule has 1 fully saturated rings. The zero-order chi connectivity index (χ0) is 28.7. The average molecular weight is 580 g/mol. The van der Waals surface area contributed by atoms with Crippen LogP contribution >= 0.6 is 11.3 Å². The van der Waals surface area contributed by atoms with Gasteiger partial charge < -0.3 is 15.0 Å². The van der Waals surface area contributed by atoms with Crippen LogP contribution in [0, 0.1) is 0 Å². The molecule has 0 spiro atoms. The van der Waals surface area contributed by atoms with Crippen LogP contribution in [0.25, 0.3) is 28.4 Å². The molecule has 5 aromatic heterocycles. The number of hydrogen-bond donors (Lipinski definition) is 2. The Kier molecular flexibility index (Phi) is 7.03. The highest BCUT2D eigenvalue weighted by atomic mass is 32.1. The van der Waals surface area contributed by atoms with Gasteiger partial charge >= 0.3 is 0 Å². The van der Waals surface area contributed by atoms with Gasteiger partial charge in [0, 0.05) is 30.5 Å². The van der Waals surface area contributed by atoms with Crippen molar-refractivity contribution in [3.8, 4) is 17.3 Å². The fourth-order valence-corrected chi connectivity index (χ4v) is 5.74. The van der Waals surface area contributed by atoms with E-state index in [-0.39, 0.29) is 22.0 Å². The number of pyridine rings is 2. The smallest absolute Gasteiger partial charge is 0.280 e. The van der Waals surface area contributed by atoms with Crippen molar-refractivity contribution in [2.75, 3.05) is 0 Å². The van der Waals surface area contributed by atoms with Crippen molar-refractivity contribution in [3.05, 3.63) is 64.6 Å². The second-order valence-corrected chi connectivity index (χ2v) is 11.6. The molecule has 2 N–H and O–H groups in total. The predicted octanol–water partition coefficient (Wildman–Crippen LogP) is 4.61. The van der Waals surface area contributed by atoms with E-state index in [0.29, 0.717) is 46.3 Å². The highest BCUT2D eigenvalue weighted by molar-refractivity contribution is 7.13. The molecule has 2 atom stereocenters. The molecule has 0 unspecified atom stereocenters. The van der Waals surface area contributed by atoms with Gasteiger partial charge in [0.05, 0.1) is 22.8 Å². The number of thiazole rings is 1. The van der Waals surface area contributed by atoms with Gasteiger partial charge in [0.1, 0.15) is 22.5 Å². The zero-order valence-corrected chi connectivity index (χ0v) is 23.1. The molecular formula is C27H27F2N9O2S. The number of rotatable bonds is 7. The lowest BCUT2D eigenvalue weighted by atomic mass is 9.90. The van der Waals surface area contributed by atoms with E-state index >= 15 is 0 Å². The minimum Gasteiger partial charge on any atom is -0.384 e. The van der Waals surface area contributed by atoms with Gasteiger partial charge in [-0.3, -0.25) is 9.78 Å². The fraction of sp³-hybridized carbons (Fsp3) is 0.370. The Balaban J connectivity index is 1.35. The molecule has 6 rings (SSSR count). The van der Waals surface area contributed by atoms with Gasteiger partial charge in [-0.25, -0.2) is 23.7 Å². The molecular weight excluding hydrogens is 552 g/mol. The Morgan fingerprint density at radius 3 is 2.73 bits per heavy atom. The monoisotopic (exact) mass is 579 g/mol. The first kappa shape index (κ1) is 27.0. The number of hydrogen-bond acceptors (Lipinski definition) is 9. The normalized spacial score (nSPS) is 17.8. The highest BCUT2D eigenvalue weighted by Gasteiger charge is 2.30. The van der Waals surface area contributed by atoms with E-state index in [1.54, 1.807) is 26.2 Å². The molecule has 41 heavy (non-hydrogen) atoms. The topological polar surface area (TPSA) is 137 Å². The third-order valence-corrected chi connectivity index (χ3v) is 8.06. The maximum atomic E-state index is 13.0. The highest BCUT2D eigenvalue weighted by Crippen LogP contribution is 2.36. The SMILES string of the molecule is CC(C)(O)c1cnn(-c2cc3c(cn2)nc(-c2ccccn2)n3[C@@H]2CCC[C@H](NC(=O)c3ncc(C(F)F)s3)C2)n1. The molecule has 0 radical (unpaired) electrons. The van der Waals surface area contributed by atoms with E-state index in [0.717, 1.165) is 31.0 Å². The molecule has 1 aliphatic carbocycles. The van der Waals surface area contributed by atoms with Gasteiger partial charge in [0.25, 0.3) is 12.3 Å². The molecule has 0 saturated heterocycles. The number of aliphatic hydroxyl groups is 1. The first-order valence-corrected chi connectivity index (χ1v) is 14.0. The summed E-state index contributed by atoms with van der Waals surface area (Å²) in [6.45, 7) is 3.27. The lowest BCUT2D eigenvalue weighted by molar-refractivity contribution is 0.0734. The quantitative estimate of drug-likeness (QED) is 0.285. The molecule has 0 aromatic carbocycles. The van der Waals surface area contributed by atoms with Gasteiger partial charge in [-0.05, 0) is 51.7 Å². The number of nitrogens with zero attached hydrogens (tertiary/aromatic N) is 8. The molecule has 14 heteroatoms. The van der Waals surface area contributed by atoms with Crippen molar-refractivity contribution in [2.24, 2.45) is 0 Å². The zero-order valence-electron chi connectivity index (χ0n) is 22.3. The van der Waals surface area contributed by atoms with Crippen LogP contribution in [0.2, 0.25) is 0 Å². The van der Waals surface area contributed by atoms with Crippen LogP contribution in [0.3, 0.4) is 0 Å². The van der Waals surface area contributed by atoms with E-state index in [9.17, 15) is 18.7 Å². The number of amides is 1. The Hall–Kier alpha value is -4.17. The molecule has 0 aliphatic heterocycles. The Morgan fingerprint density at radius 1 is 1.17 bits per heavy atom. The number of carbonyl (C=O) groups excluding carboxylic acids is 1. The van der Waals surface area contributed by atoms with Crippen molar-refractivity contribution in [2.45, 2.75) is 63.6 Å². The lowest BCUT2D eigenvalue weighted by Crippen LogP contribution is -2.39. The van der Waals surface area contributed by atoms with Crippen molar-refractivity contribution < 1.29 is 18.7 Å². The van der Waals surface area contributed by atoms with Gasteiger partial charge in [0.15, 0.2) is 16.6 Å². The number of carbonyl (C=O) groups is 1. The van der Waals surface area contributed by atoms with Crippen LogP contribution in [0.15, 0.2) is 49.1 Å². The molecule has 1 saturated carbocycles. The Labute approximate surface area is 237 Å². The molecule has 0 bridgehead atoms. The predicted molar refractivity (Wildman–Crippen MR) is 147 cm³/mol. The minimum atomic E-state index is -2.66. The van der Waals surface area contributed by atoms with Crippen LogP contribution in [0.5, 0.6) is 0 Å². The second kappa shape index (κ2) is 10.7. The summed E-state index contributed by atoms with van der Waals surface area (Å²) in [7, 11) is 0. The van der Waals surface area contributed by atoms with E-state index in [4.69, 9.17) is 4.98 Å². The maximum absolute atomic E-state index is 13.0. The Bertz CT molecular complexity index is 1690. The van der Waals surface area contributed by atoms with Gasteiger partial charge in [0.2, 0.25) is 0 Å². The third kappa shape index (κ3) is 5.44. The van der Waals surface area contributed by atoms with Crippen LogP contribution in [0.4, 0.5) is 8.78 Å². The minimum absolute atomic E-state index is 0.0255. The molecule has 1 amide bonds. The Morgan fingerprint density at radius 2 is 2.02 bits per heavy atom. The van der Waals surface area contributed by atoms with Crippen LogP contribution < -0.4 is 5.32 Å². The maximum Gasteiger partial charge on any atom is 0.280 e. The van der Waals surface area contributed by atoms with E-state index in [1.807, 2.05) is 24.3 Å². The van der Waals surface area contributed by atoms with Crippen molar-refractivity contribution >= 4 is 28.3 Å². The van der Waals surface area contributed by atoms with Crippen LogP contribution in [0.1, 0.15) is 72.4 Å². The largest absolute Gasteiger partial charge is 0.384 e. The average Bonchev–Trinajstić information content (AvgIpc) is 3.72. The number of imidazole rings is 1.